The van der Waals surface area contributed by atoms with E-state index in [1.807, 2.05) is 11.8 Å². The first-order chi connectivity index (χ1) is 5.06. The molecule has 1 radical (unpaired) electrons. The summed E-state index contributed by atoms with van der Waals surface area (Å²) < 4.78 is 0.438. The Morgan fingerprint density at radius 3 is 2.18 bits per heavy atom. The lowest BCUT2D eigenvalue weighted by molar-refractivity contribution is 0.767. The number of hydrogen-bond donors (Lipinski definition) is 0. The molecule has 0 amide bonds. The van der Waals surface area contributed by atoms with Gasteiger partial charge in [0.1, 0.15) is 0 Å². The molecule has 11 heavy (non-hydrogen) atoms. The zero-order valence-corrected chi connectivity index (χ0v) is 9.49. The molecule has 0 N–H and O–H groups in total. The third-order valence-corrected chi connectivity index (χ3v) is 2.97. The highest BCUT2D eigenvalue weighted by Gasteiger charge is 2.08. The van der Waals surface area contributed by atoms with Gasteiger partial charge in [0.15, 0.2) is 0 Å². The van der Waals surface area contributed by atoms with Gasteiger partial charge < -0.3 is 0 Å². The van der Waals surface area contributed by atoms with Crippen LogP contribution in [0.4, 0.5) is 0 Å². The molecule has 2 heteroatoms. The SMILES string of the molecule is CC(C)(C)SCCCCC[S]. The van der Waals surface area contributed by atoms with Gasteiger partial charge in [0.05, 0.1) is 0 Å². The summed E-state index contributed by atoms with van der Waals surface area (Å²) >= 11 is 6.92. The molecular formula is C9H19S2. The molecule has 0 aliphatic carbocycles. The van der Waals surface area contributed by atoms with Crippen molar-refractivity contribution in [3.8, 4) is 0 Å². The Morgan fingerprint density at radius 2 is 1.73 bits per heavy atom. The monoisotopic (exact) mass is 191 g/mol. The molecule has 0 spiro atoms. The first-order valence-corrected chi connectivity index (χ1v) is 5.84. The maximum Gasteiger partial charge on any atom is 0.00750 e. The lowest BCUT2D eigenvalue weighted by atomic mass is 10.3. The van der Waals surface area contributed by atoms with Crippen molar-refractivity contribution >= 4 is 24.4 Å². The topological polar surface area (TPSA) is 0 Å². The van der Waals surface area contributed by atoms with E-state index < -0.39 is 0 Å². The predicted molar refractivity (Wildman–Crippen MR) is 58.5 cm³/mol. The van der Waals surface area contributed by atoms with Crippen molar-refractivity contribution in [2.75, 3.05) is 11.5 Å². The van der Waals surface area contributed by atoms with E-state index in [2.05, 4.69) is 20.8 Å². The molecule has 67 valence electrons. The first-order valence-electron chi connectivity index (χ1n) is 4.28. The Kier molecular flexibility index (Phi) is 6.64. The van der Waals surface area contributed by atoms with Crippen molar-refractivity contribution in [3.63, 3.8) is 0 Å². The molecular weight excluding hydrogens is 172 g/mol. The second-order valence-electron chi connectivity index (χ2n) is 3.73. The van der Waals surface area contributed by atoms with E-state index in [-0.39, 0.29) is 0 Å². The van der Waals surface area contributed by atoms with E-state index in [1.165, 1.54) is 25.0 Å². The Hall–Kier alpha value is 0.700. The van der Waals surface area contributed by atoms with Crippen LogP contribution in [-0.4, -0.2) is 16.3 Å². The zero-order chi connectivity index (χ0) is 8.74. The fourth-order valence-corrected chi connectivity index (χ4v) is 1.92. The normalized spacial score (nSPS) is 12.0. The molecule has 0 aromatic carbocycles. The van der Waals surface area contributed by atoms with Gasteiger partial charge in [-0.05, 0) is 18.6 Å². The molecule has 0 saturated carbocycles. The molecule has 0 aromatic rings. The Morgan fingerprint density at radius 1 is 1.09 bits per heavy atom. The van der Waals surface area contributed by atoms with Gasteiger partial charge in [-0.2, -0.15) is 11.8 Å². The summed E-state index contributed by atoms with van der Waals surface area (Å²) in [6.07, 6.45) is 3.87. The molecule has 0 aliphatic heterocycles. The van der Waals surface area contributed by atoms with Crippen LogP contribution >= 0.6 is 24.4 Å². The van der Waals surface area contributed by atoms with Gasteiger partial charge in [0, 0.05) is 10.5 Å². The third kappa shape index (κ3) is 10.7. The molecule has 0 bridgehead atoms. The van der Waals surface area contributed by atoms with Gasteiger partial charge in [0.25, 0.3) is 0 Å². The standard InChI is InChI=1S/C9H19S2/c1-9(2,3)11-8-6-4-5-7-10/h4-8H2,1-3H3. The van der Waals surface area contributed by atoms with E-state index in [0.717, 1.165) is 5.75 Å². The molecule has 0 atom stereocenters. The van der Waals surface area contributed by atoms with Crippen LogP contribution < -0.4 is 0 Å². The Labute approximate surface area is 80.9 Å². The van der Waals surface area contributed by atoms with Gasteiger partial charge in [0.2, 0.25) is 0 Å². The van der Waals surface area contributed by atoms with Gasteiger partial charge in [-0.15, -0.1) is 0 Å². The van der Waals surface area contributed by atoms with Crippen LogP contribution in [0.5, 0.6) is 0 Å². The predicted octanol–water partition coefficient (Wildman–Crippen LogP) is 3.89. The van der Waals surface area contributed by atoms with Crippen molar-refractivity contribution < 1.29 is 0 Å². The Balaban J connectivity index is 3.02. The first kappa shape index (κ1) is 11.7. The molecule has 0 aromatic heterocycles. The van der Waals surface area contributed by atoms with E-state index in [4.69, 9.17) is 12.6 Å². The van der Waals surface area contributed by atoms with E-state index in [9.17, 15) is 0 Å². The molecule has 0 fully saturated rings. The summed E-state index contributed by atoms with van der Waals surface area (Å²) in [7, 11) is 0. The smallest absolute Gasteiger partial charge is 0.00750 e. The molecule has 0 unspecified atom stereocenters. The average molecular weight is 191 g/mol. The minimum Gasteiger partial charge on any atom is -0.156 e. The highest BCUT2D eigenvalue weighted by Crippen LogP contribution is 2.24. The molecule has 0 aliphatic rings. The highest BCUT2D eigenvalue weighted by atomic mass is 32.2. The van der Waals surface area contributed by atoms with Gasteiger partial charge in [-0.25, -0.2) is 0 Å². The summed E-state index contributed by atoms with van der Waals surface area (Å²) in [5, 5.41) is 0. The second kappa shape index (κ2) is 6.24. The molecule has 0 saturated heterocycles. The van der Waals surface area contributed by atoms with Crippen LogP contribution in [-0.2, 0) is 0 Å². The van der Waals surface area contributed by atoms with Crippen molar-refractivity contribution in [1.29, 1.82) is 0 Å². The van der Waals surface area contributed by atoms with Crippen molar-refractivity contribution in [2.45, 2.75) is 44.8 Å². The lowest BCUT2D eigenvalue weighted by Crippen LogP contribution is -2.08. The summed E-state index contributed by atoms with van der Waals surface area (Å²) in [6.45, 7) is 6.81. The molecule has 0 heterocycles. The lowest BCUT2D eigenvalue weighted by Gasteiger charge is -2.16. The summed E-state index contributed by atoms with van der Waals surface area (Å²) in [4.78, 5) is 0. The van der Waals surface area contributed by atoms with Crippen LogP contribution in [0, 0.1) is 0 Å². The van der Waals surface area contributed by atoms with E-state index in [1.54, 1.807) is 0 Å². The third-order valence-electron chi connectivity index (χ3n) is 1.32. The minimum atomic E-state index is 0.438. The van der Waals surface area contributed by atoms with Crippen LogP contribution in [0.3, 0.4) is 0 Å². The number of rotatable bonds is 5. The quantitative estimate of drug-likeness (QED) is 0.594. The average Bonchev–Trinajstić information content (AvgIpc) is 1.85. The van der Waals surface area contributed by atoms with E-state index in [0.29, 0.717) is 4.75 Å². The fourth-order valence-electron chi connectivity index (χ4n) is 0.759. The van der Waals surface area contributed by atoms with Crippen LogP contribution in [0.15, 0.2) is 0 Å². The van der Waals surface area contributed by atoms with Crippen LogP contribution in [0.1, 0.15) is 40.0 Å². The van der Waals surface area contributed by atoms with Crippen molar-refractivity contribution in [3.05, 3.63) is 0 Å². The van der Waals surface area contributed by atoms with Gasteiger partial charge in [-0.3, -0.25) is 0 Å². The number of hydrogen-bond acceptors (Lipinski definition) is 1. The summed E-state index contributed by atoms with van der Waals surface area (Å²) in [5.41, 5.74) is 0. The van der Waals surface area contributed by atoms with Crippen LogP contribution in [0.25, 0.3) is 0 Å². The maximum atomic E-state index is 4.87. The van der Waals surface area contributed by atoms with Crippen LogP contribution in [0.2, 0.25) is 0 Å². The number of thioether (sulfide) groups is 1. The minimum absolute atomic E-state index is 0.438. The maximum absolute atomic E-state index is 4.87. The van der Waals surface area contributed by atoms with E-state index >= 15 is 0 Å². The highest BCUT2D eigenvalue weighted by molar-refractivity contribution is 8.00. The zero-order valence-electron chi connectivity index (χ0n) is 7.85. The second-order valence-corrected chi connectivity index (χ2v) is 6.06. The van der Waals surface area contributed by atoms with Gasteiger partial charge in [-0.1, -0.05) is 39.8 Å². The molecule has 0 rings (SSSR count). The summed E-state index contributed by atoms with van der Waals surface area (Å²) in [5.74, 6) is 2.22. The fraction of sp³-hybridized carbons (Fsp3) is 1.00. The van der Waals surface area contributed by atoms with Gasteiger partial charge >= 0.3 is 0 Å². The number of unbranched alkanes of at least 4 members (excludes halogenated alkanes) is 2. The molecule has 0 nitrogen and oxygen atoms in total. The summed E-state index contributed by atoms with van der Waals surface area (Å²) in [6, 6.07) is 0. The van der Waals surface area contributed by atoms with Crippen molar-refractivity contribution in [1.82, 2.24) is 0 Å². The Bertz CT molecular complexity index is 84.1. The largest absolute Gasteiger partial charge is 0.156 e. The van der Waals surface area contributed by atoms with Crippen molar-refractivity contribution in [2.24, 2.45) is 0 Å².